The Morgan fingerprint density at radius 3 is 2.46 bits per heavy atom. The average molecular weight is 378 g/mol. The number of anilines is 2. The van der Waals surface area contributed by atoms with Crippen molar-refractivity contribution in [2.24, 2.45) is 5.41 Å². The number of amides is 2. The Labute approximate surface area is 153 Å². The van der Waals surface area contributed by atoms with Crippen LogP contribution < -0.4 is 10.6 Å². The summed E-state index contributed by atoms with van der Waals surface area (Å²) in [5, 5.41) is 9.12. The first-order valence-corrected chi connectivity index (χ1v) is 8.17. The van der Waals surface area contributed by atoms with Gasteiger partial charge >= 0.3 is 5.97 Å². The van der Waals surface area contributed by atoms with E-state index >= 15 is 0 Å². The van der Waals surface area contributed by atoms with Crippen LogP contribution in [0.1, 0.15) is 29.0 Å². The molecule has 136 valence electrons. The van der Waals surface area contributed by atoms with E-state index in [9.17, 15) is 14.4 Å². The summed E-state index contributed by atoms with van der Waals surface area (Å²) < 4.78 is 9.54. The van der Waals surface area contributed by atoms with Crippen molar-refractivity contribution in [3.05, 3.63) is 40.6 Å². The molecule has 3 rings (SSSR count). The van der Waals surface area contributed by atoms with E-state index in [0.717, 1.165) is 0 Å². The fraction of sp³-hybridized carbons (Fsp3) is 0.294. The SMILES string of the molecule is COC(=O)c1ccc(Cl)c(NC(=O)C2(C(=O)Nc3cc(C)on3)CC2)c1. The monoisotopic (exact) mass is 377 g/mol. The third kappa shape index (κ3) is 3.41. The maximum atomic E-state index is 12.6. The summed E-state index contributed by atoms with van der Waals surface area (Å²) in [5.74, 6) is -0.738. The van der Waals surface area contributed by atoms with E-state index in [0.29, 0.717) is 18.6 Å². The van der Waals surface area contributed by atoms with Gasteiger partial charge in [-0.1, -0.05) is 16.8 Å². The maximum absolute atomic E-state index is 12.6. The molecule has 1 heterocycles. The predicted octanol–water partition coefficient (Wildman–Crippen LogP) is 2.78. The van der Waals surface area contributed by atoms with Crippen LogP contribution in [0, 0.1) is 12.3 Å². The molecule has 0 atom stereocenters. The van der Waals surface area contributed by atoms with E-state index < -0.39 is 23.2 Å². The molecule has 0 aliphatic heterocycles. The third-order valence-corrected chi connectivity index (χ3v) is 4.45. The van der Waals surface area contributed by atoms with Crippen molar-refractivity contribution in [2.75, 3.05) is 17.7 Å². The molecule has 2 aromatic rings. The first kappa shape index (κ1) is 17.9. The summed E-state index contributed by atoms with van der Waals surface area (Å²) >= 11 is 6.08. The molecule has 0 saturated heterocycles. The molecule has 0 radical (unpaired) electrons. The van der Waals surface area contributed by atoms with Crippen LogP contribution in [0.5, 0.6) is 0 Å². The number of rotatable bonds is 5. The lowest BCUT2D eigenvalue weighted by Gasteiger charge is -2.15. The van der Waals surface area contributed by atoms with Crippen molar-refractivity contribution in [1.82, 2.24) is 5.16 Å². The second-order valence-corrected chi connectivity index (χ2v) is 6.41. The topological polar surface area (TPSA) is 111 Å². The highest BCUT2D eigenvalue weighted by atomic mass is 35.5. The van der Waals surface area contributed by atoms with Gasteiger partial charge in [-0.05, 0) is 38.0 Å². The zero-order valence-corrected chi connectivity index (χ0v) is 14.8. The van der Waals surface area contributed by atoms with Gasteiger partial charge in [0.2, 0.25) is 11.8 Å². The lowest BCUT2D eigenvalue weighted by Crippen LogP contribution is -2.35. The van der Waals surface area contributed by atoms with E-state index in [4.69, 9.17) is 16.1 Å². The number of methoxy groups -OCH3 is 1. The van der Waals surface area contributed by atoms with E-state index in [1.807, 2.05) is 0 Å². The van der Waals surface area contributed by atoms with Gasteiger partial charge in [0.05, 0.1) is 23.4 Å². The van der Waals surface area contributed by atoms with Gasteiger partial charge in [-0.2, -0.15) is 0 Å². The third-order valence-electron chi connectivity index (χ3n) is 4.12. The minimum Gasteiger partial charge on any atom is -0.465 e. The lowest BCUT2D eigenvalue weighted by atomic mass is 10.0. The average Bonchev–Trinajstić information content (AvgIpc) is 3.34. The summed E-state index contributed by atoms with van der Waals surface area (Å²) in [5.41, 5.74) is -0.729. The number of aryl methyl sites for hydroxylation is 1. The molecule has 0 unspecified atom stereocenters. The molecule has 1 saturated carbocycles. The second kappa shape index (κ2) is 6.80. The van der Waals surface area contributed by atoms with E-state index in [1.54, 1.807) is 13.0 Å². The fourth-order valence-corrected chi connectivity index (χ4v) is 2.62. The van der Waals surface area contributed by atoms with Crippen molar-refractivity contribution in [3.63, 3.8) is 0 Å². The fourth-order valence-electron chi connectivity index (χ4n) is 2.45. The summed E-state index contributed by atoms with van der Waals surface area (Å²) in [6.07, 6.45) is 0.797. The van der Waals surface area contributed by atoms with Crippen molar-refractivity contribution >= 4 is 40.9 Å². The molecule has 2 N–H and O–H groups in total. The molecule has 1 fully saturated rings. The van der Waals surface area contributed by atoms with Crippen molar-refractivity contribution in [1.29, 1.82) is 0 Å². The molecule has 9 heteroatoms. The molecule has 1 aromatic carbocycles. The second-order valence-electron chi connectivity index (χ2n) is 6.00. The van der Waals surface area contributed by atoms with Crippen LogP contribution >= 0.6 is 11.6 Å². The smallest absolute Gasteiger partial charge is 0.337 e. The van der Waals surface area contributed by atoms with Crippen LogP contribution in [0.4, 0.5) is 11.5 Å². The number of nitrogens with one attached hydrogen (secondary N) is 2. The van der Waals surface area contributed by atoms with Crippen LogP contribution in [0.3, 0.4) is 0 Å². The lowest BCUT2D eigenvalue weighted by molar-refractivity contribution is -0.131. The normalized spacial score (nSPS) is 14.4. The minimum absolute atomic E-state index is 0.232. The van der Waals surface area contributed by atoms with Gasteiger partial charge < -0.3 is 19.9 Å². The van der Waals surface area contributed by atoms with Crippen LogP contribution in [0.15, 0.2) is 28.8 Å². The van der Waals surface area contributed by atoms with Crippen molar-refractivity contribution < 1.29 is 23.6 Å². The molecule has 1 aliphatic carbocycles. The standard InChI is InChI=1S/C17H16ClN3O5/c1-9-7-13(21-26-9)20-16(24)17(5-6-17)15(23)19-12-8-10(14(22)25-2)3-4-11(12)18/h3-4,7-8H,5-6H2,1-2H3,(H,19,23)(H,20,21,24). The Morgan fingerprint density at radius 2 is 1.88 bits per heavy atom. The van der Waals surface area contributed by atoms with Crippen molar-refractivity contribution in [3.8, 4) is 0 Å². The molecule has 8 nitrogen and oxygen atoms in total. The van der Waals surface area contributed by atoms with Crippen LogP contribution in [-0.2, 0) is 14.3 Å². The summed E-state index contributed by atoms with van der Waals surface area (Å²) in [6.45, 7) is 1.69. The Kier molecular flexibility index (Phi) is 4.69. The highest BCUT2D eigenvalue weighted by Crippen LogP contribution is 2.47. The zero-order chi connectivity index (χ0) is 18.9. The summed E-state index contributed by atoms with van der Waals surface area (Å²) in [6, 6.07) is 5.92. The van der Waals surface area contributed by atoms with E-state index in [2.05, 4.69) is 20.5 Å². The molecule has 1 aliphatic rings. The predicted molar refractivity (Wildman–Crippen MR) is 93.0 cm³/mol. The highest BCUT2D eigenvalue weighted by molar-refractivity contribution is 6.34. The Morgan fingerprint density at radius 1 is 1.19 bits per heavy atom. The number of halogens is 1. The van der Waals surface area contributed by atoms with Gasteiger partial charge in [-0.15, -0.1) is 0 Å². The first-order valence-electron chi connectivity index (χ1n) is 7.80. The number of esters is 1. The quantitative estimate of drug-likeness (QED) is 0.612. The number of ether oxygens (including phenoxy) is 1. The number of hydrogen-bond acceptors (Lipinski definition) is 6. The Hall–Kier alpha value is -2.87. The van der Waals surface area contributed by atoms with Gasteiger partial charge in [0.1, 0.15) is 11.2 Å². The summed E-state index contributed by atoms with van der Waals surface area (Å²) in [7, 11) is 1.25. The largest absolute Gasteiger partial charge is 0.465 e. The van der Waals surface area contributed by atoms with Gasteiger partial charge in [0, 0.05) is 6.07 Å². The molecule has 1 aromatic heterocycles. The Balaban J connectivity index is 1.75. The van der Waals surface area contributed by atoms with Gasteiger partial charge in [0.25, 0.3) is 0 Å². The molecule has 2 amide bonds. The van der Waals surface area contributed by atoms with Crippen molar-refractivity contribution in [2.45, 2.75) is 19.8 Å². The molecular formula is C17H16ClN3O5. The molecule has 0 bridgehead atoms. The zero-order valence-electron chi connectivity index (χ0n) is 14.1. The Bertz CT molecular complexity index is 888. The molecule has 26 heavy (non-hydrogen) atoms. The van der Waals surface area contributed by atoms with Crippen LogP contribution in [0.25, 0.3) is 0 Å². The minimum atomic E-state index is -1.20. The number of carbonyl (C=O) groups is 3. The summed E-state index contributed by atoms with van der Waals surface area (Å²) in [4.78, 5) is 36.8. The number of nitrogens with zero attached hydrogens (tertiary/aromatic N) is 1. The number of benzene rings is 1. The van der Waals surface area contributed by atoms with Gasteiger partial charge in [-0.3, -0.25) is 9.59 Å². The van der Waals surface area contributed by atoms with Gasteiger partial charge in [-0.25, -0.2) is 4.79 Å². The number of carbonyl (C=O) groups excluding carboxylic acids is 3. The van der Waals surface area contributed by atoms with Crippen LogP contribution in [0.2, 0.25) is 5.02 Å². The first-order chi connectivity index (χ1) is 12.4. The maximum Gasteiger partial charge on any atom is 0.337 e. The van der Waals surface area contributed by atoms with Crippen LogP contribution in [-0.4, -0.2) is 30.1 Å². The molecule has 0 spiro atoms. The number of aromatic nitrogens is 1. The molecular weight excluding hydrogens is 362 g/mol. The number of hydrogen-bond donors (Lipinski definition) is 2. The van der Waals surface area contributed by atoms with E-state index in [-0.39, 0.29) is 22.1 Å². The van der Waals surface area contributed by atoms with Gasteiger partial charge in [0.15, 0.2) is 5.82 Å². The van der Waals surface area contributed by atoms with E-state index in [1.165, 1.54) is 25.3 Å². The highest BCUT2D eigenvalue weighted by Gasteiger charge is 2.56.